The Morgan fingerprint density at radius 2 is 2.08 bits per heavy atom. The number of aliphatic hydroxyl groups is 2. The highest BCUT2D eigenvalue weighted by Crippen LogP contribution is 2.27. The maximum Gasteiger partial charge on any atom is 0.161 e. The van der Waals surface area contributed by atoms with Crippen LogP contribution in [0.4, 0.5) is 0 Å². The van der Waals surface area contributed by atoms with Crippen LogP contribution >= 0.6 is 0 Å². The van der Waals surface area contributed by atoms with Crippen molar-refractivity contribution < 1.29 is 15.0 Å². The molecule has 0 fully saturated rings. The zero-order chi connectivity index (χ0) is 10.2. The third kappa shape index (κ3) is 2.17. The molecule has 0 bridgehead atoms. The lowest BCUT2D eigenvalue weighted by Crippen LogP contribution is -2.35. The second-order valence-corrected chi connectivity index (χ2v) is 4.23. The number of carbonyl (C=O) groups excluding carboxylic acids is 1. The monoisotopic (exact) mass is 184 g/mol. The van der Waals surface area contributed by atoms with Crippen LogP contribution in [0.15, 0.2) is 11.6 Å². The van der Waals surface area contributed by atoms with E-state index < -0.39 is 11.7 Å². The Morgan fingerprint density at radius 1 is 1.54 bits per heavy atom. The van der Waals surface area contributed by atoms with Gasteiger partial charge in [0.15, 0.2) is 5.78 Å². The van der Waals surface area contributed by atoms with Crippen molar-refractivity contribution in [1.82, 2.24) is 0 Å². The maximum absolute atomic E-state index is 11.5. The van der Waals surface area contributed by atoms with Crippen molar-refractivity contribution in [3.05, 3.63) is 11.6 Å². The standard InChI is InChI=1S/C10H16O3/c1-6-4-9(12)7(5-8(6)11)10(2,3)13/h5-6,8,11,13H,4H2,1-3H3/t6?,8-/m1/s1. The lowest BCUT2D eigenvalue weighted by atomic mass is 9.81. The van der Waals surface area contributed by atoms with Gasteiger partial charge in [-0.2, -0.15) is 0 Å². The molecule has 3 heteroatoms. The lowest BCUT2D eigenvalue weighted by Gasteiger charge is -2.28. The zero-order valence-corrected chi connectivity index (χ0v) is 8.24. The van der Waals surface area contributed by atoms with Crippen LogP contribution in [-0.2, 0) is 4.79 Å². The van der Waals surface area contributed by atoms with Gasteiger partial charge in [-0.3, -0.25) is 4.79 Å². The van der Waals surface area contributed by atoms with Crippen LogP contribution in [0.2, 0.25) is 0 Å². The number of hydrogen-bond acceptors (Lipinski definition) is 3. The average molecular weight is 184 g/mol. The van der Waals surface area contributed by atoms with Gasteiger partial charge in [-0.25, -0.2) is 0 Å². The molecule has 74 valence electrons. The summed E-state index contributed by atoms with van der Waals surface area (Å²) in [5, 5.41) is 19.1. The summed E-state index contributed by atoms with van der Waals surface area (Å²) in [6.45, 7) is 4.93. The summed E-state index contributed by atoms with van der Waals surface area (Å²) in [6.07, 6.45) is 1.17. The molecule has 0 aliphatic heterocycles. The van der Waals surface area contributed by atoms with Crippen LogP contribution in [0.5, 0.6) is 0 Å². The minimum atomic E-state index is -1.14. The molecular formula is C10H16O3. The van der Waals surface area contributed by atoms with E-state index in [9.17, 15) is 15.0 Å². The Bertz CT molecular complexity index is 247. The van der Waals surface area contributed by atoms with Gasteiger partial charge in [0.05, 0.1) is 11.7 Å². The lowest BCUT2D eigenvalue weighted by molar-refractivity contribution is -0.119. The third-order valence-electron chi connectivity index (χ3n) is 2.39. The molecule has 2 N–H and O–H groups in total. The van der Waals surface area contributed by atoms with E-state index in [1.54, 1.807) is 13.8 Å². The normalized spacial score (nSPS) is 30.2. The molecule has 0 amide bonds. The van der Waals surface area contributed by atoms with Gasteiger partial charge in [0.2, 0.25) is 0 Å². The number of hydrogen-bond donors (Lipinski definition) is 2. The molecule has 0 aromatic heterocycles. The van der Waals surface area contributed by atoms with Crippen LogP contribution < -0.4 is 0 Å². The number of carbonyl (C=O) groups is 1. The fraction of sp³-hybridized carbons (Fsp3) is 0.700. The first-order valence-electron chi connectivity index (χ1n) is 4.48. The van der Waals surface area contributed by atoms with Gasteiger partial charge in [-0.05, 0) is 25.8 Å². The molecule has 0 saturated carbocycles. The van der Waals surface area contributed by atoms with Crippen molar-refractivity contribution in [2.75, 3.05) is 0 Å². The molecule has 0 aromatic carbocycles. The number of rotatable bonds is 1. The maximum atomic E-state index is 11.5. The van der Waals surface area contributed by atoms with E-state index in [-0.39, 0.29) is 11.7 Å². The molecule has 1 aliphatic carbocycles. The fourth-order valence-electron chi connectivity index (χ4n) is 1.50. The molecule has 1 rings (SSSR count). The first kappa shape index (κ1) is 10.4. The Kier molecular flexibility index (Phi) is 2.59. The van der Waals surface area contributed by atoms with E-state index in [0.29, 0.717) is 12.0 Å². The molecule has 0 heterocycles. The Labute approximate surface area is 78.1 Å². The van der Waals surface area contributed by atoms with E-state index in [1.807, 2.05) is 6.92 Å². The number of ketones is 1. The van der Waals surface area contributed by atoms with Gasteiger partial charge in [0.1, 0.15) is 0 Å². The van der Waals surface area contributed by atoms with Gasteiger partial charge < -0.3 is 10.2 Å². The van der Waals surface area contributed by atoms with Gasteiger partial charge in [-0.15, -0.1) is 0 Å². The van der Waals surface area contributed by atoms with E-state index >= 15 is 0 Å². The summed E-state index contributed by atoms with van der Waals surface area (Å²) in [7, 11) is 0. The SMILES string of the molecule is CC1CC(=O)C(C(C)(C)O)=C[C@H]1O. The van der Waals surface area contributed by atoms with E-state index in [2.05, 4.69) is 0 Å². The fourth-order valence-corrected chi connectivity index (χ4v) is 1.50. The molecule has 2 atom stereocenters. The summed E-state index contributed by atoms with van der Waals surface area (Å²) < 4.78 is 0. The molecule has 0 saturated heterocycles. The second-order valence-electron chi connectivity index (χ2n) is 4.23. The first-order chi connectivity index (χ1) is 5.82. The quantitative estimate of drug-likeness (QED) is 0.629. The van der Waals surface area contributed by atoms with Gasteiger partial charge >= 0.3 is 0 Å². The third-order valence-corrected chi connectivity index (χ3v) is 2.39. The summed E-state index contributed by atoms with van der Waals surface area (Å²) in [6, 6.07) is 0. The topological polar surface area (TPSA) is 57.5 Å². The summed E-state index contributed by atoms with van der Waals surface area (Å²) in [4.78, 5) is 11.5. The summed E-state index contributed by atoms with van der Waals surface area (Å²) >= 11 is 0. The van der Waals surface area contributed by atoms with Crippen molar-refractivity contribution in [2.45, 2.75) is 38.9 Å². The van der Waals surface area contributed by atoms with E-state index in [1.165, 1.54) is 6.08 Å². The highest BCUT2D eigenvalue weighted by Gasteiger charge is 2.32. The van der Waals surface area contributed by atoms with Crippen molar-refractivity contribution in [1.29, 1.82) is 0 Å². The highest BCUT2D eigenvalue weighted by atomic mass is 16.3. The van der Waals surface area contributed by atoms with Gasteiger partial charge in [0.25, 0.3) is 0 Å². The van der Waals surface area contributed by atoms with Crippen molar-refractivity contribution in [2.24, 2.45) is 5.92 Å². The summed E-state index contributed by atoms with van der Waals surface area (Å²) in [5.41, 5.74) is -0.809. The van der Waals surface area contributed by atoms with Gasteiger partial charge in [-0.1, -0.05) is 6.92 Å². The molecule has 1 unspecified atom stereocenters. The Balaban J connectivity index is 2.97. The molecule has 3 nitrogen and oxygen atoms in total. The van der Waals surface area contributed by atoms with Crippen molar-refractivity contribution >= 4 is 5.78 Å². The van der Waals surface area contributed by atoms with Crippen LogP contribution in [0.1, 0.15) is 27.2 Å². The Morgan fingerprint density at radius 3 is 2.54 bits per heavy atom. The van der Waals surface area contributed by atoms with E-state index in [0.717, 1.165) is 0 Å². The first-order valence-corrected chi connectivity index (χ1v) is 4.48. The molecular weight excluding hydrogens is 168 g/mol. The van der Waals surface area contributed by atoms with Crippen molar-refractivity contribution in [3.63, 3.8) is 0 Å². The predicted octanol–water partition coefficient (Wildman–Crippen LogP) is 0.653. The highest BCUT2D eigenvalue weighted by molar-refractivity contribution is 5.98. The van der Waals surface area contributed by atoms with Crippen LogP contribution in [0.3, 0.4) is 0 Å². The average Bonchev–Trinajstić information content (AvgIpc) is 1.94. The smallest absolute Gasteiger partial charge is 0.161 e. The minimum absolute atomic E-state index is 0.0430. The van der Waals surface area contributed by atoms with Crippen LogP contribution in [-0.4, -0.2) is 27.7 Å². The molecule has 0 aromatic rings. The summed E-state index contributed by atoms with van der Waals surface area (Å²) in [5.74, 6) is -0.107. The number of aliphatic hydroxyl groups excluding tert-OH is 1. The molecule has 0 spiro atoms. The van der Waals surface area contributed by atoms with E-state index in [4.69, 9.17) is 0 Å². The minimum Gasteiger partial charge on any atom is -0.389 e. The Hall–Kier alpha value is -0.670. The number of Topliss-reactive ketones (excluding diaryl/α,β-unsaturated/α-hetero) is 1. The largest absolute Gasteiger partial charge is 0.389 e. The predicted molar refractivity (Wildman–Crippen MR) is 49.2 cm³/mol. The van der Waals surface area contributed by atoms with Crippen LogP contribution in [0.25, 0.3) is 0 Å². The van der Waals surface area contributed by atoms with Crippen molar-refractivity contribution in [3.8, 4) is 0 Å². The molecule has 13 heavy (non-hydrogen) atoms. The zero-order valence-electron chi connectivity index (χ0n) is 8.24. The van der Waals surface area contributed by atoms with Crippen LogP contribution in [0, 0.1) is 5.92 Å². The molecule has 0 radical (unpaired) electrons. The van der Waals surface area contributed by atoms with Gasteiger partial charge in [0, 0.05) is 12.0 Å². The second kappa shape index (κ2) is 3.24. The molecule has 1 aliphatic rings.